The minimum Gasteiger partial charge on any atom is -0.480 e. The normalized spacial score (nSPS) is 24.4. The molecule has 0 aromatic rings. The van der Waals surface area contributed by atoms with Gasteiger partial charge in [0.2, 0.25) is 0 Å². The number of carbonyl (C=O) groups excluding carboxylic acids is 1. The number of carboxylic acid groups (broad SMARTS) is 1. The second-order valence-corrected chi connectivity index (χ2v) is 5.17. The zero-order valence-corrected chi connectivity index (χ0v) is 11.9. The topological polar surface area (TPSA) is 82.1 Å². The van der Waals surface area contributed by atoms with E-state index in [1.54, 1.807) is 0 Å². The maximum Gasteiger partial charge on any atom is 0.328 e. The lowest BCUT2D eigenvalue weighted by Crippen LogP contribution is -2.59. The monoisotopic (exact) mass is 285 g/mol. The number of amides is 2. The van der Waals surface area contributed by atoms with Gasteiger partial charge in [0.25, 0.3) is 0 Å². The lowest BCUT2D eigenvalue weighted by molar-refractivity contribution is -0.147. The van der Waals surface area contributed by atoms with Crippen LogP contribution in [0.3, 0.4) is 0 Å². The van der Waals surface area contributed by atoms with Crippen molar-refractivity contribution in [2.45, 2.75) is 31.8 Å². The number of carboxylic acids is 1. The third-order valence-corrected chi connectivity index (χ3v) is 4.00. The highest BCUT2D eigenvalue weighted by Gasteiger charge is 2.36. The number of hydrogen-bond acceptors (Lipinski definition) is 4. The lowest BCUT2D eigenvalue weighted by Gasteiger charge is -2.40. The quantitative estimate of drug-likeness (QED) is 0.761. The molecule has 0 bridgehead atoms. The van der Waals surface area contributed by atoms with Crippen molar-refractivity contribution < 1.29 is 19.4 Å². The Bertz CT molecular complexity index is 358. The highest BCUT2D eigenvalue weighted by molar-refractivity contribution is 5.83. The average Bonchev–Trinajstić information content (AvgIpc) is 2.49. The minimum atomic E-state index is -1.00. The van der Waals surface area contributed by atoms with E-state index in [0.717, 1.165) is 25.9 Å². The molecule has 1 unspecified atom stereocenters. The number of nitrogens with zero attached hydrogens (tertiary/aromatic N) is 2. The number of aliphatic carboxylic acids is 1. The van der Waals surface area contributed by atoms with Gasteiger partial charge in [0.15, 0.2) is 6.04 Å². The predicted octanol–water partition coefficient (Wildman–Crippen LogP) is -0.0343. The fourth-order valence-corrected chi connectivity index (χ4v) is 2.87. The molecule has 0 aromatic carbocycles. The highest BCUT2D eigenvalue weighted by atomic mass is 16.5. The Hall–Kier alpha value is -1.34. The highest BCUT2D eigenvalue weighted by Crippen LogP contribution is 2.17. The maximum atomic E-state index is 12.7. The van der Waals surface area contributed by atoms with Gasteiger partial charge in [0, 0.05) is 19.1 Å². The Morgan fingerprint density at radius 1 is 1.40 bits per heavy atom. The standard InChI is InChI=1S/C13H23N3O4/c1-2-15(10-3-5-14-6-4-10)13(19)16-7-8-20-9-11(16)12(17)18/h10-11,14H,2-9H2,1H3,(H,17,18). The van der Waals surface area contributed by atoms with E-state index < -0.39 is 12.0 Å². The van der Waals surface area contributed by atoms with Crippen molar-refractivity contribution in [1.82, 2.24) is 15.1 Å². The minimum absolute atomic E-state index is 0.0743. The van der Waals surface area contributed by atoms with E-state index in [0.29, 0.717) is 19.7 Å². The molecule has 2 rings (SSSR count). The molecule has 114 valence electrons. The Labute approximate surface area is 118 Å². The molecular formula is C13H23N3O4. The Morgan fingerprint density at radius 3 is 2.70 bits per heavy atom. The maximum absolute atomic E-state index is 12.7. The molecule has 0 radical (unpaired) electrons. The van der Waals surface area contributed by atoms with E-state index in [2.05, 4.69) is 5.32 Å². The Morgan fingerprint density at radius 2 is 2.10 bits per heavy atom. The van der Waals surface area contributed by atoms with Crippen LogP contribution in [0.5, 0.6) is 0 Å². The number of rotatable bonds is 3. The first-order valence-corrected chi connectivity index (χ1v) is 7.23. The van der Waals surface area contributed by atoms with Gasteiger partial charge in [0.1, 0.15) is 0 Å². The average molecular weight is 285 g/mol. The van der Waals surface area contributed by atoms with Crippen molar-refractivity contribution in [1.29, 1.82) is 0 Å². The van der Waals surface area contributed by atoms with E-state index in [4.69, 9.17) is 4.74 Å². The molecule has 20 heavy (non-hydrogen) atoms. The summed E-state index contributed by atoms with van der Waals surface area (Å²) in [6.07, 6.45) is 1.84. The van der Waals surface area contributed by atoms with Gasteiger partial charge in [0.05, 0.1) is 13.2 Å². The molecule has 7 heteroatoms. The molecule has 0 aliphatic carbocycles. The second-order valence-electron chi connectivity index (χ2n) is 5.17. The van der Waals surface area contributed by atoms with Crippen LogP contribution in [0.2, 0.25) is 0 Å². The van der Waals surface area contributed by atoms with Gasteiger partial charge in [-0.2, -0.15) is 0 Å². The third-order valence-electron chi connectivity index (χ3n) is 4.00. The summed E-state index contributed by atoms with van der Waals surface area (Å²) in [7, 11) is 0. The number of carbonyl (C=O) groups is 2. The first-order valence-electron chi connectivity index (χ1n) is 7.23. The molecular weight excluding hydrogens is 262 g/mol. The van der Waals surface area contributed by atoms with Crippen LogP contribution in [-0.2, 0) is 9.53 Å². The fourth-order valence-electron chi connectivity index (χ4n) is 2.87. The first-order chi connectivity index (χ1) is 9.65. The fraction of sp³-hybridized carbons (Fsp3) is 0.846. The largest absolute Gasteiger partial charge is 0.480 e. The number of ether oxygens (including phenoxy) is 1. The predicted molar refractivity (Wildman–Crippen MR) is 72.6 cm³/mol. The molecule has 0 spiro atoms. The molecule has 1 atom stereocenters. The lowest BCUT2D eigenvalue weighted by atomic mass is 10.0. The van der Waals surface area contributed by atoms with Crippen molar-refractivity contribution in [2.75, 3.05) is 39.4 Å². The summed E-state index contributed by atoms with van der Waals surface area (Å²) in [5.74, 6) is -1.00. The van der Waals surface area contributed by atoms with Crippen molar-refractivity contribution in [2.24, 2.45) is 0 Å². The Balaban J connectivity index is 2.07. The van der Waals surface area contributed by atoms with E-state index in [-0.39, 0.29) is 18.7 Å². The van der Waals surface area contributed by atoms with Crippen LogP contribution >= 0.6 is 0 Å². The van der Waals surface area contributed by atoms with Crippen LogP contribution in [0.4, 0.5) is 4.79 Å². The van der Waals surface area contributed by atoms with Crippen molar-refractivity contribution in [3.8, 4) is 0 Å². The Kier molecular flexibility index (Phi) is 5.19. The van der Waals surface area contributed by atoms with Crippen LogP contribution in [0, 0.1) is 0 Å². The van der Waals surface area contributed by atoms with Gasteiger partial charge in [-0.15, -0.1) is 0 Å². The summed E-state index contributed by atoms with van der Waals surface area (Å²) in [5.41, 5.74) is 0. The zero-order chi connectivity index (χ0) is 14.5. The number of nitrogens with one attached hydrogen (secondary N) is 1. The van der Waals surface area contributed by atoms with E-state index >= 15 is 0 Å². The van der Waals surface area contributed by atoms with Crippen LogP contribution < -0.4 is 5.32 Å². The summed E-state index contributed by atoms with van der Waals surface area (Å²) >= 11 is 0. The molecule has 2 N–H and O–H groups in total. The van der Waals surface area contributed by atoms with Gasteiger partial charge < -0.3 is 25.0 Å². The van der Waals surface area contributed by atoms with Crippen molar-refractivity contribution in [3.63, 3.8) is 0 Å². The molecule has 2 aliphatic heterocycles. The van der Waals surface area contributed by atoms with Gasteiger partial charge in [-0.1, -0.05) is 0 Å². The van der Waals surface area contributed by atoms with Gasteiger partial charge in [-0.05, 0) is 32.9 Å². The molecule has 2 fully saturated rings. The van der Waals surface area contributed by atoms with Crippen LogP contribution in [0.1, 0.15) is 19.8 Å². The third kappa shape index (κ3) is 3.21. The number of hydrogen-bond donors (Lipinski definition) is 2. The second kappa shape index (κ2) is 6.90. The summed E-state index contributed by atoms with van der Waals surface area (Å²) in [4.78, 5) is 27.2. The zero-order valence-electron chi connectivity index (χ0n) is 11.9. The van der Waals surface area contributed by atoms with Gasteiger partial charge in [-0.25, -0.2) is 9.59 Å². The first kappa shape index (κ1) is 15.1. The SMILES string of the molecule is CCN(C(=O)N1CCOCC1C(=O)O)C1CCNCC1. The van der Waals surface area contributed by atoms with Crippen molar-refractivity contribution >= 4 is 12.0 Å². The molecule has 2 heterocycles. The summed E-state index contributed by atoms with van der Waals surface area (Å²) < 4.78 is 5.18. The van der Waals surface area contributed by atoms with E-state index in [1.807, 2.05) is 11.8 Å². The molecule has 0 aromatic heterocycles. The molecule has 2 saturated heterocycles. The van der Waals surface area contributed by atoms with Crippen LogP contribution in [0.25, 0.3) is 0 Å². The molecule has 7 nitrogen and oxygen atoms in total. The number of morpholine rings is 1. The summed E-state index contributed by atoms with van der Waals surface area (Å²) in [6.45, 7) is 5.17. The van der Waals surface area contributed by atoms with Crippen molar-refractivity contribution in [3.05, 3.63) is 0 Å². The van der Waals surface area contributed by atoms with Gasteiger partial charge in [-0.3, -0.25) is 0 Å². The summed E-state index contributed by atoms with van der Waals surface area (Å²) in [5, 5.41) is 12.5. The van der Waals surface area contributed by atoms with Crippen LogP contribution in [-0.4, -0.2) is 78.4 Å². The van der Waals surface area contributed by atoms with E-state index in [1.165, 1.54) is 4.90 Å². The smallest absolute Gasteiger partial charge is 0.328 e. The number of urea groups is 1. The summed E-state index contributed by atoms with van der Waals surface area (Å²) in [6, 6.07) is -0.840. The van der Waals surface area contributed by atoms with Crippen LogP contribution in [0.15, 0.2) is 0 Å². The molecule has 2 aliphatic rings. The molecule has 0 saturated carbocycles. The number of piperidine rings is 1. The van der Waals surface area contributed by atoms with Gasteiger partial charge >= 0.3 is 12.0 Å². The molecule has 2 amide bonds. The van der Waals surface area contributed by atoms with E-state index in [9.17, 15) is 14.7 Å².